The molecule has 0 unspecified atom stereocenters. The number of carbonyl (C=O) groups excluding carboxylic acids is 2. The number of methoxy groups -OCH3 is 2. The van der Waals surface area contributed by atoms with Crippen LogP contribution in [0.4, 0.5) is 0 Å². The molecule has 1 aromatic heterocycles. The predicted octanol–water partition coefficient (Wildman–Crippen LogP) is 3.08. The molecule has 0 saturated heterocycles. The summed E-state index contributed by atoms with van der Waals surface area (Å²) in [5.41, 5.74) is -0.756. The number of aryl methyl sites for hydroxylation is 2. The molecule has 2 aliphatic rings. The predicted molar refractivity (Wildman–Crippen MR) is 114 cm³/mol. The minimum absolute atomic E-state index is 0.118. The number of Topliss-reactive ketones (excluding diaryl/α,β-unsaturated/α-hetero) is 1. The molecule has 2 aromatic rings. The molecule has 0 fully saturated rings. The summed E-state index contributed by atoms with van der Waals surface area (Å²) >= 11 is 6.40. The van der Waals surface area contributed by atoms with Gasteiger partial charge in [-0.1, -0.05) is 23.7 Å². The first-order valence-corrected chi connectivity index (χ1v) is 10.7. The van der Waals surface area contributed by atoms with Crippen molar-refractivity contribution in [3.63, 3.8) is 0 Å². The van der Waals surface area contributed by atoms with Crippen LogP contribution in [0.15, 0.2) is 22.4 Å². The number of nitrogens with zero attached hydrogens (tertiary/aromatic N) is 2. The number of fused-ring (bicyclic) bond motifs is 1. The van der Waals surface area contributed by atoms with Gasteiger partial charge >= 0.3 is 0 Å². The summed E-state index contributed by atoms with van der Waals surface area (Å²) in [6.45, 7) is 4.20. The van der Waals surface area contributed by atoms with E-state index in [0.717, 1.165) is 12.1 Å². The number of nitrogens with one attached hydrogen (secondary N) is 1. The molecule has 10 heteroatoms. The van der Waals surface area contributed by atoms with Gasteiger partial charge in [-0.2, -0.15) is 4.98 Å². The average Bonchev–Trinajstić information content (AvgIpc) is 3.32. The summed E-state index contributed by atoms with van der Waals surface area (Å²) in [5, 5.41) is 7.17. The Hall–Kier alpha value is -3.07. The van der Waals surface area contributed by atoms with Crippen molar-refractivity contribution in [2.75, 3.05) is 20.8 Å². The summed E-state index contributed by atoms with van der Waals surface area (Å²) < 4.78 is 21.7. The van der Waals surface area contributed by atoms with E-state index in [4.69, 9.17) is 30.3 Å². The lowest BCUT2D eigenvalue weighted by Crippen LogP contribution is -2.55. The Morgan fingerprint density at radius 1 is 1.28 bits per heavy atom. The summed E-state index contributed by atoms with van der Waals surface area (Å²) in [6.07, 6.45) is 3.28. The number of rotatable bonds is 7. The lowest BCUT2D eigenvalue weighted by molar-refractivity contribution is -0.129. The van der Waals surface area contributed by atoms with Crippen LogP contribution in [-0.2, 0) is 11.2 Å². The Morgan fingerprint density at radius 3 is 2.66 bits per heavy atom. The van der Waals surface area contributed by atoms with Gasteiger partial charge in [0.1, 0.15) is 22.1 Å². The third-order valence-electron chi connectivity index (χ3n) is 5.80. The van der Waals surface area contributed by atoms with Gasteiger partial charge in [0.15, 0.2) is 11.6 Å². The van der Waals surface area contributed by atoms with Crippen LogP contribution in [-0.4, -0.2) is 48.1 Å². The monoisotopic (exact) mass is 461 g/mol. The molecule has 2 heterocycles. The molecule has 4 rings (SSSR count). The lowest BCUT2D eigenvalue weighted by Gasteiger charge is -2.35. The van der Waals surface area contributed by atoms with Crippen molar-refractivity contribution in [1.29, 1.82) is 0 Å². The first-order chi connectivity index (χ1) is 15.3. The van der Waals surface area contributed by atoms with Crippen LogP contribution in [0.2, 0.25) is 5.02 Å². The number of ketones is 2. The molecule has 32 heavy (non-hydrogen) atoms. The molecule has 2 atom stereocenters. The van der Waals surface area contributed by atoms with Crippen molar-refractivity contribution in [1.82, 2.24) is 15.5 Å². The molecular formula is C22H24ClN3O6. The molecular weight excluding hydrogens is 438 g/mol. The highest BCUT2D eigenvalue weighted by molar-refractivity contribution is 6.36. The van der Waals surface area contributed by atoms with E-state index in [0.29, 0.717) is 36.9 Å². The number of benzene rings is 1. The SMILES string of the molecule is COc1cc(OC)c2c(c1Cl)O[C@@]1(C(=O)C=C(NCCCc3nc(C)no3)C[C@H]1C)C2=O. The summed E-state index contributed by atoms with van der Waals surface area (Å²) in [6, 6.07) is 1.52. The van der Waals surface area contributed by atoms with E-state index in [2.05, 4.69) is 15.5 Å². The maximum atomic E-state index is 13.5. The molecule has 1 spiro atoms. The fourth-order valence-corrected chi connectivity index (χ4v) is 4.45. The minimum atomic E-state index is -1.67. The van der Waals surface area contributed by atoms with Gasteiger partial charge in [0.2, 0.25) is 23.1 Å². The highest BCUT2D eigenvalue weighted by Crippen LogP contribution is 2.52. The van der Waals surface area contributed by atoms with Gasteiger partial charge in [-0.25, -0.2) is 0 Å². The third kappa shape index (κ3) is 3.50. The largest absolute Gasteiger partial charge is 0.496 e. The van der Waals surface area contributed by atoms with Crippen molar-refractivity contribution in [3.05, 3.63) is 40.1 Å². The van der Waals surface area contributed by atoms with E-state index in [-0.39, 0.29) is 22.1 Å². The van der Waals surface area contributed by atoms with Gasteiger partial charge in [0.05, 0.1) is 14.2 Å². The van der Waals surface area contributed by atoms with Crippen LogP contribution in [0.1, 0.15) is 41.8 Å². The summed E-state index contributed by atoms with van der Waals surface area (Å²) in [4.78, 5) is 30.9. The Bertz CT molecular complexity index is 1110. The zero-order valence-electron chi connectivity index (χ0n) is 18.3. The van der Waals surface area contributed by atoms with Crippen molar-refractivity contribution in [2.24, 2.45) is 5.92 Å². The van der Waals surface area contributed by atoms with Gasteiger partial charge in [-0.15, -0.1) is 0 Å². The molecule has 1 aliphatic carbocycles. The van der Waals surface area contributed by atoms with Crippen molar-refractivity contribution < 1.29 is 28.3 Å². The first kappa shape index (κ1) is 22.1. The van der Waals surface area contributed by atoms with Gasteiger partial charge < -0.3 is 24.1 Å². The van der Waals surface area contributed by atoms with Gasteiger partial charge in [0.25, 0.3) is 0 Å². The van der Waals surface area contributed by atoms with E-state index >= 15 is 0 Å². The van der Waals surface area contributed by atoms with Crippen LogP contribution in [0, 0.1) is 12.8 Å². The third-order valence-corrected chi connectivity index (χ3v) is 6.16. The van der Waals surface area contributed by atoms with E-state index in [9.17, 15) is 9.59 Å². The van der Waals surface area contributed by atoms with Gasteiger partial charge in [-0.3, -0.25) is 9.59 Å². The molecule has 0 amide bonds. The molecule has 1 aliphatic heterocycles. The van der Waals surface area contributed by atoms with E-state index in [1.54, 1.807) is 6.92 Å². The van der Waals surface area contributed by atoms with Crippen LogP contribution in [0.25, 0.3) is 0 Å². The molecule has 0 saturated carbocycles. The first-order valence-electron chi connectivity index (χ1n) is 10.3. The second-order valence-corrected chi connectivity index (χ2v) is 8.25. The maximum Gasteiger partial charge on any atom is 0.236 e. The quantitative estimate of drug-likeness (QED) is 0.490. The zero-order chi connectivity index (χ0) is 23.0. The minimum Gasteiger partial charge on any atom is -0.496 e. The summed E-state index contributed by atoms with van der Waals surface area (Å²) in [5.74, 6) is 0.557. The Morgan fingerprint density at radius 2 is 2.03 bits per heavy atom. The summed E-state index contributed by atoms with van der Waals surface area (Å²) in [7, 11) is 2.89. The van der Waals surface area contributed by atoms with E-state index < -0.39 is 23.1 Å². The standard InChI is InChI=1S/C22H24ClN3O6/c1-11-8-13(24-7-5-6-17-25-12(2)26-32-17)9-16(27)22(11)21(28)18-14(29-3)10-15(30-4)19(23)20(18)31-22/h9-11,24H,5-8H2,1-4H3/t11-,22+/m1/s1. The fraction of sp³-hybridized carbons (Fsp3) is 0.455. The molecule has 1 N–H and O–H groups in total. The van der Waals surface area contributed by atoms with Crippen LogP contribution in [0.5, 0.6) is 17.2 Å². The second kappa shape index (κ2) is 8.46. The van der Waals surface area contributed by atoms with E-state index in [1.807, 2.05) is 6.92 Å². The van der Waals surface area contributed by atoms with Crippen molar-refractivity contribution in [3.8, 4) is 17.2 Å². The number of aromatic nitrogens is 2. The highest BCUT2D eigenvalue weighted by Gasteiger charge is 2.60. The number of ether oxygens (including phenoxy) is 3. The fourth-order valence-electron chi connectivity index (χ4n) is 4.18. The molecule has 0 radical (unpaired) electrons. The molecule has 170 valence electrons. The normalized spacial score (nSPS) is 21.9. The maximum absolute atomic E-state index is 13.5. The topological polar surface area (TPSA) is 113 Å². The zero-order valence-corrected chi connectivity index (χ0v) is 19.0. The van der Waals surface area contributed by atoms with Crippen molar-refractivity contribution >= 4 is 23.2 Å². The molecule has 9 nitrogen and oxygen atoms in total. The number of allylic oxidation sites excluding steroid dienone is 1. The smallest absolute Gasteiger partial charge is 0.236 e. The Kier molecular flexibility index (Phi) is 5.85. The lowest BCUT2D eigenvalue weighted by atomic mass is 9.74. The van der Waals surface area contributed by atoms with Crippen LogP contribution < -0.4 is 19.5 Å². The molecule has 0 bridgehead atoms. The van der Waals surface area contributed by atoms with Crippen LogP contribution >= 0.6 is 11.6 Å². The molecule has 1 aromatic carbocycles. The Labute approximate surface area is 190 Å². The van der Waals surface area contributed by atoms with E-state index in [1.165, 1.54) is 26.4 Å². The number of hydrogen-bond donors (Lipinski definition) is 1. The van der Waals surface area contributed by atoms with Crippen LogP contribution in [0.3, 0.4) is 0 Å². The number of hydrogen-bond acceptors (Lipinski definition) is 9. The van der Waals surface area contributed by atoms with Gasteiger partial charge in [-0.05, 0) is 19.8 Å². The number of carbonyl (C=O) groups is 2. The second-order valence-electron chi connectivity index (χ2n) is 7.87. The number of halogens is 1. The van der Waals surface area contributed by atoms with Gasteiger partial charge in [0, 0.05) is 36.7 Å². The van der Waals surface area contributed by atoms with Crippen molar-refractivity contribution in [2.45, 2.75) is 38.7 Å². The average molecular weight is 462 g/mol. The highest BCUT2D eigenvalue weighted by atomic mass is 35.5. The Balaban J connectivity index is 1.52.